The number of ether oxygens (including phenoxy) is 1. The lowest BCUT2D eigenvalue weighted by Crippen LogP contribution is -2.34. The molecule has 196 valence electrons. The predicted octanol–water partition coefficient (Wildman–Crippen LogP) is 4.04. The molecule has 3 rings (SSSR count). The third-order valence-electron chi connectivity index (χ3n) is 5.23. The van der Waals surface area contributed by atoms with E-state index in [1.807, 2.05) is 13.8 Å². The highest BCUT2D eigenvalue weighted by Crippen LogP contribution is 2.25. The lowest BCUT2D eigenvalue weighted by atomic mass is 10.1. The van der Waals surface area contributed by atoms with Gasteiger partial charge in [-0.25, -0.2) is 4.79 Å². The van der Waals surface area contributed by atoms with Crippen LogP contribution in [0.3, 0.4) is 0 Å². The highest BCUT2D eigenvalue weighted by Gasteiger charge is 2.36. The van der Waals surface area contributed by atoms with E-state index < -0.39 is 23.5 Å². The molecule has 0 bridgehead atoms. The van der Waals surface area contributed by atoms with E-state index >= 15 is 0 Å². The number of amides is 5. The van der Waals surface area contributed by atoms with Crippen LogP contribution >= 0.6 is 0 Å². The van der Waals surface area contributed by atoms with Crippen molar-refractivity contribution in [1.82, 2.24) is 10.2 Å². The Morgan fingerprint density at radius 3 is 2.08 bits per heavy atom. The SMILES string of the molecule is CC(C)CN1C(=O)c2ccc(C(=O)Nc3ccc(NC(=O)CCNC(=O)OC(C)(C)C)cc3)cc2C1=O. The maximum atomic E-state index is 12.7. The van der Waals surface area contributed by atoms with Gasteiger partial charge >= 0.3 is 6.09 Å². The molecule has 1 aliphatic heterocycles. The normalized spacial score (nSPS) is 12.9. The number of nitrogens with one attached hydrogen (secondary N) is 3. The molecule has 2 aromatic carbocycles. The Hall–Kier alpha value is -4.21. The molecular formula is C27H32N4O6. The summed E-state index contributed by atoms with van der Waals surface area (Å²) in [7, 11) is 0. The molecule has 10 nitrogen and oxygen atoms in total. The molecule has 10 heteroatoms. The minimum atomic E-state index is -0.616. The van der Waals surface area contributed by atoms with Crippen LogP contribution in [0.25, 0.3) is 0 Å². The standard InChI is InChI=1S/C27H32N4O6/c1-16(2)15-31-24(34)20-11-6-17(14-21(20)25(31)35)23(33)30-19-9-7-18(8-10-19)29-22(32)12-13-28-26(36)37-27(3,4)5/h6-11,14,16H,12-13,15H2,1-5H3,(H,28,36)(H,29,32)(H,30,33). The lowest BCUT2D eigenvalue weighted by molar-refractivity contribution is -0.116. The number of benzene rings is 2. The van der Waals surface area contributed by atoms with Crippen LogP contribution in [0.1, 0.15) is 72.1 Å². The fourth-order valence-electron chi connectivity index (χ4n) is 3.62. The molecule has 0 radical (unpaired) electrons. The van der Waals surface area contributed by atoms with Gasteiger partial charge in [-0.05, 0) is 69.2 Å². The van der Waals surface area contributed by atoms with E-state index in [-0.39, 0.29) is 41.8 Å². The van der Waals surface area contributed by atoms with Gasteiger partial charge in [-0.3, -0.25) is 24.1 Å². The molecule has 1 aliphatic rings. The van der Waals surface area contributed by atoms with Crippen molar-refractivity contribution in [2.24, 2.45) is 5.92 Å². The van der Waals surface area contributed by atoms with E-state index in [2.05, 4.69) is 16.0 Å². The number of carbonyl (C=O) groups is 5. The topological polar surface area (TPSA) is 134 Å². The first-order valence-electron chi connectivity index (χ1n) is 12.0. The second kappa shape index (κ2) is 11.2. The van der Waals surface area contributed by atoms with Crippen LogP contribution in [-0.2, 0) is 9.53 Å². The van der Waals surface area contributed by atoms with Gasteiger partial charge in [0.05, 0.1) is 11.1 Å². The van der Waals surface area contributed by atoms with Crippen LogP contribution < -0.4 is 16.0 Å². The summed E-state index contributed by atoms with van der Waals surface area (Å²) in [5.74, 6) is -1.35. The zero-order chi connectivity index (χ0) is 27.3. The van der Waals surface area contributed by atoms with Crippen LogP contribution in [-0.4, -0.2) is 53.3 Å². The summed E-state index contributed by atoms with van der Waals surface area (Å²) in [4.78, 5) is 62.9. The van der Waals surface area contributed by atoms with Crippen LogP contribution in [0.2, 0.25) is 0 Å². The first-order valence-corrected chi connectivity index (χ1v) is 12.0. The number of rotatable bonds is 8. The zero-order valence-corrected chi connectivity index (χ0v) is 21.6. The Balaban J connectivity index is 1.53. The average Bonchev–Trinajstić information content (AvgIpc) is 3.03. The van der Waals surface area contributed by atoms with Gasteiger partial charge in [-0.2, -0.15) is 0 Å². The summed E-state index contributed by atoms with van der Waals surface area (Å²) in [6, 6.07) is 11.0. The second-order valence-electron chi connectivity index (χ2n) is 10.1. The maximum absolute atomic E-state index is 12.7. The molecule has 0 atom stereocenters. The third kappa shape index (κ3) is 7.39. The molecule has 0 unspecified atom stereocenters. The largest absolute Gasteiger partial charge is 0.444 e. The predicted molar refractivity (Wildman–Crippen MR) is 139 cm³/mol. The van der Waals surface area contributed by atoms with E-state index in [9.17, 15) is 24.0 Å². The van der Waals surface area contributed by atoms with Crippen molar-refractivity contribution in [3.63, 3.8) is 0 Å². The van der Waals surface area contributed by atoms with Crippen LogP contribution in [0.4, 0.5) is 16.2 Å². The Labute approximate surface area is 215 Å². The summed E-state index contributed by atoms with van der Waals surface area (Å²) in [6.45, 7) is 9.53. The molecule has 1 heterocycles. The summed E-state index contributed by atoms with van der Waals surface area (Å²) in [5, 5.41) is 7.98. The third-order valence-corrected chi connectivity index (χ3v) is 5.23. The van der Waals surface area contributed by atoms with Crippen molar-refractivity contribution in [3.05, 3.63) is 59.2 Å². The first-order chi connectivity index (χ1) is 17.3. The molecule has 0 aliphatic carbocycles. The van der Waals surface area contributed by atoms with Crippen molar-refractivity contribution >= 4 is 41.1 Å². The average molecular weight is 509 g/mol. The number of hydrogen-bond donors (Lipinski definition) is 3. The number of fused-ring (bicyclic) bond motifs is 1. The van der Waals surface area contributed by atoms with Gasteiger partial charge < -0.3 is 20.7 Å². The fraction of sp³-hybridized carbons (Fsp3) is 0.370. The van der Waals surface area contributed by atoms with Gasteiger partial charge in [0.1, 0.15) is 5.60 Å². The second-order valence-corrected chi connectivity index (χ2v) is 10.1. The van der Waals surface area contributed by atoms with E-state index in [0.717, 1.165) is 0 Å². The van der Waals surface area contributed by atoms with E-state index in [0.29, 0.717) is 23.5 Å². The quantitative estimate of drug-likeness (QED) is 0.461. The first kappa shape index (κ1) is 27.4. The summed E-state index contributed by atoms with van der Waals surface area (Å²) < 4.78 is 5.11. The van der Waals surface area contributed by atoms with Gasteiger partial charge in [0.25, 0.3) is 17.7 Å². The van der Waals surface area contributed by atoms with Crippen molar-refractivity contribution < 1.29 is 28.7 Å². The molecule has 0 aromatic heterocycles. The summed E-state index contributed by atoms with van der Waals surface area (Å²) in [6.07, 6.45) is -0.529. The van der Waals surface area contributed by atoms with Gasteiger partial charge in [0, 0.05) is 36.4 Å². The molecule has 0 saturated heterocycles. The van der Waals surface area contributed by atoms with Crippen molar-refractivity contribution in [1.29, 1.82) is 0 Å². The molecule has 0 saturated carbocycles. The number of carbonyl (C=O) groups excluding carboxylic acids is 5. The molecule has 2 aromatic rings. The lowest BCUT2D eigenvalue weighted by Gasteiger charge is -2.19. The van der Waals surface area contributed by atoms with E-state index in [1.165, 1.54) is 23.1 Å². The molecule has 5 amide bonds. The number of alkyl carbamates (subject to hydrolysis) is 1. The molecule has 0 fully saturated rings. The smallest absolute Gasteiger partial charge is 0.407 e. The Bertz CT molecular complexity index is 1210. The van der Waals surface area contributed by atoms with Crippen molar-refractivity contribution in [2.75, 3.05) is 23.7 Å². The maximum Gasteiger partial charge on any atom is 0.407 e. The zero-order valence-electron chi connectivity index (χ0n) is 21.6. The minimum Gasteiger partial charge on any atom is -0.444 e. The summed E-state index contributed by atoms with van der Waals surface area (Å²) >= 11 is 0. The number of anilines is 2. The molecule has 0 spiro atoms. The molecular weight excluding hydrogens is 476 g/mol. The number of imide groups is 1. The Kier molecular flexibility index (Phi) is 8.31. The number of hydrogen-bond acceptors (Lipinski definition) is 6. The van der Waals surface area contributed by atoms with E-state index in [4.69, 9.17) is 4.74 Å². The van der Waals surface area contributed by atoms with Crippen LogP contribution in [0, 0.1) is 5.92 Å². The Morgan fingerprint density at radius 1 is 0.892 bits per heavy atom. The molecule has 37 heavy (non-hydrogen) atoms. The highest BCUT2D eigenvalue weighted by molar-refractivity contribution is 6.22. The number of nitrogens with zero attached hydrogens (tertiary/aromatic N) is 1. The van der Waals surface area contributed by atoms with Gasteiger partial charge in [-0.1, -0.05) is 13.8 Å². The van der Waals surface area contributed by atoms with E-state index in [1.54, 1.807) is 45.0 Å². The van der Waals surface area contributed by atoms with Gasteiger partial charge in [0.15, 0.2) is 0 Å². The summed E-state index contributed by atoms with van der Waals surface area (Å²) in [5.41, 5.74) is 1.16. The minimum absolute atomic E-state index is 0.0614. The van der Waals surface area contributed by atoms with Gasteiger partial charge in [0.2, 0.25) is 5.91 Å². The monoisotopic (exact) mass is 508 g/mol. The van der Waals surface area contributed by atoms with Crippen LogP contribution in [0.15, 0.2) is 42.5 Å². The van der Waals surface area contributed by atoms with Crippen molar-refractivity contribution in [2.45, 2.75) is 46.6 Å². The Morgan fingerprint density at radius 2 is 1.49 bits per heavy atom. The molecule has 3 N–H and O–H groups in total. The van der Waals surface area contributed by atoms with Crippen LogP contribution in [0.5, 0.6) is 0 Å². The van der Waals surface area contributed by atoms with Gasteiger partial charge in [-0.15, -0.1) is 0 Å². The highest BCUT2D eigenvalue weighted by atomic mass is 16.6. The van der Waals surface area contributed by atoms with Crippen molar-refractivity contribution in [3.8, 4) is 0 Å². The fourth-order valence-corrected chi connectivity index (χ4v) is 3.62.